The number of piperidine rings is 1. The van der Waals surface area contributed by atoms with Crippen LogP contribution in [0.25, 0.3) is 0 Å². The van der Waals surface area contributed by atoms with Crippen LogP contribution in [0.15, 0.2) is 30.3 Å². The van der Waals surface area contributed by atoms with E-state index in [0.29, 0.717) is 62.9 Å². The van der Waals surface area contributed by atoms with Crippen molar-refractivity contribution in [3.63, 3.8) is 0 Å². The summed E-state index contributed by atoms with van der Waals surface area (Å²) in [6.45, 7) is 4.29. The third-order valence-electron chi connectivity index (χ3n) is 8.83. The summed E-state index contributed by atoms with van der Waals surface area (Å²) in [6.07, 6.45) is 7.66. The van der Waals surface area contributed by atoms with Crippen molar-refractivity contribution in [1.29, 1.82) is 0 Å². The minimum Gasteiger partial charge on any atom is -0.344 e. The Morgan fingerprint density at radius 2 is 1.74 bits per heavy atom. The molecule has 3 aromatic rings. The molecule has 12 nitrogen and oxygen atoms in total. The van der Waals surface area contributed by atoms with Crippen molar-refractivity contribution in [2.75, 3.05) is 19.6 Å². The first kappa shape index (κ1) is 29.0. The van der Waals surface area contributed by atoms with Gasteiger partial charge in [0.05, 0.1) is 12.6 Å². The Labute approximate surface area is 251 Å². The SMILES string of the molecule is Cc1nc2n(n1)CCN(C(=O)c1nnc3n1CCCCC3)CCCC(=O)N1CCCC[C@H]1C(=O)N[C@@H]2Cc1ccccc1. The summed E-state index contributed by atoms with van der Waals surface area (Å²) in [5.74, 6) is 2.10. The number of aromatic nitrogens is 6. The normalized spacial score (nSPS) is 22.1. The maximum Gasteiger partial charge on any atom is 0.291 e. The van der Waals surface area contributed by atoms with Gasteiger partial charge in [-0.2, -0.15) is 5.10 Å². The lowest BCUT2D eigenvalue weighted by atomic mass is 9.99. The standard InChI is InChI=1S/C31H41N9O3/c1-22-32-28-24(21-23-11-4-2-5-12-23)33-30(42)25-13-7-9-17-38(25)27(41)15-10-16-37(19-20-40(28)36-22)31(43)29-35-34-26-14-6-3-8-18-39(26)29/h2,4-5,11-12,24-25H,3,6-10,13-21H2,1H3,(H,33,42)/t24-,25+/m1/s1. The summed E-state index contributed by atoms with van der Waals surface area (Å²) < 4.78 is 3.80. The molecule has 1 saturated heterocycles. The quantitative estimate of drug-likeness (QED) is 0.498. The Kier molecular flexibility index (Phi) is 8.80. The molecule has 1 aromatic carbocycles. The molecule has 0 spiro atoms. The van der Waals surface area contributed by atoms with Crippen molar-refractivity contribution < 1.29 is 14.4 Å². The number of hydrogen-bond donors (Lipinski definition) is 1. The molecule has 3 aliphatic heterocycles. The van der Waals surface area contributed by atoms with Crippen LogP contribution < -0.4 is 5.32 Å². The van der Waals surface area contributed by atoms with Crippen LogP contribution >= 0.6 is 0 Å². The molecule has 2 aromatic heterocycles. The van der Waals surface area contributed by atoms with E-state index in [1.165, 1.54) is 0 Å². The van der Waals surface area contributed by atoms with Gasteiger partial charge in [-0.15, -0.1) is 10.2 Å². The second kappa shape index (κ2) is 13.0. The van der Waals surface area contributed by atoms with Crippen molar-refractivity contribution in [1.82, 2.24) is 44.6 Å². The van der Waals surface area contributed by atoms with Gasteiger partial charge in [0, 0.05) is 39.0 Å². The largest absolute Gasteiger partial charge is 0.344 e. The molecule has 228 valence electrons. The number of hydrogen-bond acceptors (Lipinski definition) is 7. The zero-order valence-corrected chi connectivity index (χ0v) is 25.0. The molecule has 0 unspecified atom stereocenters. The molecule has 43 heavy (non-hydrogen) atoms. The molecule has 12 heteroatoms. The highest BCUT2D eigenvalue weighted by atomic mass is 16.2. The van der Waals surface area contributed by atoms with Gasteiger partial charge >= 0.3 is 0 Å². The third-order valence-corrected chi connectivity index (χ3v) is 8.83. The topological polar surface area (TPSA) is 131 Å². The minimum atomic E-state index is -0.524. The number of carbonyl (C=O) groups excluding carboxylic acids is 3. The van der Waals surface area contributed by atoms with Crippen molar-refractivity contribution in [3.8, 4) is 0 Å². The molecule has 1 fully saturated rings. The smallest absolute Gasteiger partial charge is 0.291 e. The number of amides is 3. The van der Waals surface area contributed by atoms with Gasteiger partial charge in [-0.05, 0) is 57.4 Å². The highest BCUT2D eigenvalue weighted by Crippen LogP contribution is 2.24. The van der Waals surface area contributed by atoms with E-state index in [4.69, 9.17) is 4.98 Å². The molecule has 0 aliphatic carbocycles. The molecule has 3 amide bonds. The van der Waals surface area contributed by atoms with Crippen molar-refractivity contribution in [2.45, 2.75) is 96.3 Å². The van der Waals surface area contributed by atoms with E-state index < -0.39 is 12.1 Å². The molecule has 6 rings (SSSR count). The number of nitrogens with one attached hydrogen (secondary N) is 1. The Bertz CT molecular complexity index is 1450. The second-order valence-electron chi connectivity index (χ2n) is 11.9. The van der Waals surface area contributed by atoms with E-state index in [1.807, 2.05) is 46.5 Å². The first-order chi connectivity index (χ1) is 21.0. The third kappa shape index (κ3) is 6.47. The van der Waals surface area contributed by atoms with Crippen LogP contribution in [0, 0.1) is 6.92 Å². The second-order valence-corrected chi connectivity index (χ2v) is 11.9. The van der Waals surface area contributed by atoms with E-state index in [9.17, 15) is 14.4 Å². The maximum atomic E-state index is 14.0. The lowest BCUT2D eigenvalue weighted by molar-refractivity contribution is -0.142. The fraction of sp³-hybridized carbons (Fsp3) is 0.581. The van der Waals surface area contributed by atoms with Gasteiger partial charge in [0.25, 0.3) is 5.91 Å². The number of fused-ring (bicyclic) bond motifs is 3. The van der Waals surface area contributed by atoms with E-state index in [1.54, 1.807) is 9.80 Å². The number of aryl methyl sites for hydroxylation is 2. The lowest BCUT2D eigenvalue weighted by Crippen LogP contribution is -2.53. The molecular weight excluding hydrogens is 546 g/mol. The van der Waals surface area contributed by atoms with Crippen molar-refractivity contribution >= 4 is 17.7 Å². The molecule has 0 bridgehead atoms. The summed E-state index contributed by atoms with van der Waals surface area (Å²) in [5.41, 5.74) is 1.06. The van der Waals surface area contributed by atoms with Gasteiger partial charge in [-0.1, -0.05) is 36.8 Å². The first-order valence-electron chi connectivity index (χ1n) is 15.7. The van der Waals surface area contributed by atoms with Crippen LogP contribution in [-0.4, -0.2) is 82.7 Å². The highest BCUT2D eigenvalue weighted by molar-refractivity contribution is 5.91. The summed E-state index contributed by atoms with van der Waals surface area (Å²) in [4.78, 5) is 49.5. The molecule has 2 atom stereocenters. The first-order valence-corrected chi connectivity index (χ1v) is 15.7. The molecule has 1 N–H and O–H groups in total. The Hall–Kier alpha value is -4.09. The van der Waals surface area contributed by atoms with Crippen LogP contribution in [0.1, 0.15) is 91.1 Å². The van der Waals surface area contributed by atoms with Crippen LogP contribution in [0.3, 0.4) is 0 Å². The average molecular weight is 588 g/mol. The minimum absolute atomic E-state index is 0.0423. The summed E-state index contributed by atoms with van der Waals surface area (Å²) in [5, 5.41) is 16.6. The van der Waals surface area contributed by atoms with Crippen molar-refractivity contribution in [3.05, 3.63) is 59.2 Å². The van der Waals surface area contributed by atoms with E-state index in [0.717, 1.165) is 56.5 Å². The molecule has 3 aliphatic rings. The van der Waals surface area contributed by atoms with E-state index in [-0.39, 0.29) is 24.1 Å². The molecule has 0 saturated carbocycles. The lowest BCUT2D eigenvalue weighted by Gasteiger charge is -2.36. The van der Waals surface area contributed by atoms with Crippen LogP contribution in [0.5, 0.6) is 0 Å². The van der Waals surface area contributed by atoms with Gasteiger partial charge in [0.1, 0.15) is 23.5 Å². The highest BCUT2D eigenvalue weighted by Gasteiger charge is 2.35. The Morgan fingerprint density at radius 1 is 0.907 bits per heavy atom. The number of nitrogens with zero attached hydrogens (tertiary/aromatic N) is 8. The molecule has 0 radical (unpaired) electrons. The average Bonchev–Trinajstić information content (AvgIpc) is 3.52. The van der Waals surface area contributed by atoms with Gasteiger partial charge < -0.3 is 19.7 Å². The zero-order valence-electron chi connectivity index (χ0n) is 25.0. The molecule has 5 heterocycles. The summed E-state index contributed by atoms with van der Waals surface area (Å²) in [7, 11) is 0. The Balaban J connectivity index is 1.33. The van der Waals surface area contributed by atoms with E-state index in [2.05, 4.69) is 20.6 Å². The van der Waals surface area contributed by atoms with E-state index >= 15 is 0 Å². The van der Waals surface area contributed by atoms with Gasteiger partial charge in [0.15, 0.2) is 0 Å². The summed E-state index contributed by atoms with van der Waals surface area (Å²) in [6, 6.07) is 9.01. The molecular formula is C31H41N9O3. The zero-order chi connectivity index (χ0) is 29.8. The number of rotatable bonds is 3. The van der Waals surface area contributed by atoms with Crippen LogP contribution in [-0.2, 0) is 35.5 Å². The Morgan fingerprint density at radius 3 is 2.60 bits per heavy atom. The van der Waals surface area contributed by atoms with Gasteiger partial charge in [-0.25, -0.2) is 9.67 Å². The van der Waals surface area contributed by atoms with Crippen LogP contribution in [0.2, 0.25) is 0 Å². The van der Waals surface area contributed by atoms with Gasteiger partial charge in [-0.3, -0.25) is 14.4 Å². The predicted molar refractivity (Wildman–Crippen MR) is 158 cm³/mol. The fourth-order valence-corrected chi connectivity index (χ4v) is 6.60. The number of benzene rings is 1. The summed E-state index contributed by atoms with van der Waals surface area (Å²) >= 11 is 0. The maximum absolute atomic E-state index is 14.0. The monoisotopic (exact) mass is 587 g/mol. The number of carbonyl (C=O) groups is 3. The van der Waals surface area contributed by atoms with Crippen LogP contribution in [0.4, 0.5) is 0 Å². The predicted octanol–water partition coefficient (Wildman–Crippen LogP) is 2.62. The van der Waals surface area contributed by atoms with Crippen molar-refractivity contribution in [2.24, 2.45) is 0 Å². The van der Waals surface area contributed by atoms with Gasteiger partial charge in [0.2, 0.25) is 17.6 Å². The fourth-order valence-electron chi connectivity index (χ4n) is 6.60.